The van der Waals surface area contributed by atoms with Crippen LogP contribution in [-0.2, 0) is 9.53 Å². The van der Waals surface area contributed by atoms with Gasteiger partial charge in [-0.25, -0.2) is 9.79 Å². The number of para-hydroxylation sites is 1. The average Bonchev–Trinajstić information content (AvgIpc) is 3.16. The van der Waals surface area contributed by atoms with Crippen molar-refractivity contribution in [3.05, 3.63) is 101 Å². The third kappa shape index (κ3) is 5.60. The quantitative estimate of drug-likeness (QED) is 0.290. The van der Waals surface area contributed by atoms with E-state index in [0.29, 0.717) is 19.1 Å². The highest BCUT2D eigenvalue weighted by atomic mass is 16.6. The Labute approximate surface area is 181 Å². The molecule has 3 aromatic carbocycles. The van der Waals surface area contributed by atoms with Crippen LogP contribution in [0.1, 0.15) is 23.1 Å². The Morgan fingerprint density at radius 1 is 0.839 bits per heavy atom. The highest BCUT2D eigenvalue weighted by Gasteiger charge is 2.23. The monoisotopic (exact) mass is 413 g/mol. The SMILES string of the molecule is Cc1ccc(C2=NC(=Cc3ccc(OCCCOc4ccccc4)cc3)C(=O)O2)cc1. The van der Waals surface area contributed by atoms with Crippen molar-refractivity contribution >= 4 is 17.9 Å². The first-order valence-corrected chi connectivity index (χ1v) is 10.2. The number of aliphatic imine (C=N–C) groups is 1. The Bertz CT molecular complexity index is 1080. The van der Waals surface area contributed by atoms with Gasteiger partial charge in [-0.1, -0.05) is 48.0 Å². The van der Waals surface area contributed by atoms with E-state index in [2.05, 4.69) is 4.99 Å². The molecule has 0 radical (unpaired) electrons. The molecule has 4 rings (SSSR count). The molecule has 156 valence electrons. The number of hydrogen-bond donors (Lipinski definition) is 0. The molecule has 0 amide bonds. The van der Waals surface area contributed by atoms with E-state index in [0.717, 1.165) is 34.6 Å². The number of ether oxygens (including phenoxy) is 3. The Morgan fingerprint density at radius 3 is 2.16 bits per heavy atom. The smallest absolute Gasteiger partial charge is 0.363 e. The summed E-state index contributed by atoms with van der Waals surface area (Å²) >= 11 is 0. The lowest BCUT2D eigenvalue weighted by Gasteiger charge is -2.08. The first-order valence-electron chi connectivity index (χ1n) is 10.2. The number of carbonyl (C=O) groups is 1. The molecule has 3 aromatic rings. The molecule has 0 bridgehead atoms. The lowest BCUT2D eigenvalue weighted by atomic mass is 10.1. The molecule has 0 unspecified atom stereocenters. The standard InChI is InChI=1S/C26H23NO4/c1-19-8-12-21(13-9-19)25-27-24(26(28)31-25)18-20-10-14-23(15-11-20)30-17-5-16-29-22-6-3-2-4-7-22/h2-4,6-15,18H,5,16-17H2,1H3. The highest BCUT2D eigenvalue weighted by Crippen LogP contribution is 2.21. The maximum absolute atomic E-state index is 12.2. The number of rotatable bonds is 8. The minimum Gasteiger partial charge on any atom is -0.493 e. The van der Waals surface area contributed by atoms with Gasteiger partial charge in [0.25, 0.3) is 0 Å². The van der Waals surface area contributed by atoms with Crippen molar-refractivity contribution in [1.82, 2.24) is 0 Å². The maximum atomic E-state index is 12.2. The zero-order chi connectivity index (χ0) is 21.5. The van der Waals surface area contributed by atoms with E-state index in [1.807, 2.05) is 85.8 Å². The van der Waals surface area contributed by atoms with Crippen molar-refractivity contribution in [1.29, 1.82) is 0 Å². The van der Waals surface area contributed by atoms with Crippen molar-refractivity contribution in [3.63, 3.8) is 0 Å². The summed E-state index contributed by atoms with van der Waals surface area (Å²) in [6.45, 7) is 3.16. The van der Waals surface area contributed by atoms with E-state index in [1.54, 1.807) is 6.08 Å². The van der Waals surface area contributed by atoms with Crippen molar-refractivity contribution in [2.75, 3.05) is 13.2 Å². The van der Waals surface area contributed by atoms with Gasteiger partial charge in [-0.2, -0.15) is 0 Å². The molecule has 0 saturated carbocycles. The normalized spacial score (nSPS) is 14.3. The van der Waals surface area contributed by atoms with E-state index in [4.69, 9.17) is 14.2 Å². The Hall–Kier alpha value is -3.86. The van der Waals surface area contributed by atoms with Crippen LogP contribution >= 0.6 is 0 Å². The average molecular weight is 413 g/mol. The molecule has 1 aliphatic rings. The van der Waals surface area contributed by atoms with Crippen LogP contribution in [0.4, 0.5) is 0 Å². The van der Waals surface area contributed by atoms with E-state index >= 15 is 0 Å². The fourth-order valence-electron chi connectivity index (χ4n) is 3.00. The lowest BCUT2D eigenvalue weighted by molar-refractivity contribution is -0.129. The van der Waals surface area contributed by atoms with Crippen LogP contribution in [0, 0.1) is 6.92 Å². The second-order valence-corrected chi connectivity index (χ2v) is 7.13. The van der Waals surface area contributed by atoms with E-state index in [-0.39, 0.29) is 5.70 Å². The molecular formula is C26H23NO4. The van der Waals surface area contributed by atoms with E-state index in [1.165, 1.54) is 0 Å². The fraction of sp³-hybridized carbons (Fsp3) is 0.154. The van der Waals surface area contributed by atoms with Crippen molar-refractivity contribution in [2.24, 2.45) is 4.99 Å². The first-order chi connectivity index (χ1) is 15.2. The number of carbonyl (C=O) groups excluding carboxylic acids is 1. The summed E-state index contributed by atoms with van der Waals surface area (Å²) in [4.78, 5) is 16.5. The third-order valence-corrected chi connectivity index (χ3v) is 4.67. The van der Waals surface area contributed by atoms with Gasteiger partial charge in [0.1, 0.15) is 11.5 Å². The molecule has 5 nitrogen and oxygen atoms in total. The van der Waals surface area contributed by atoms with Gasteiger partial charge in [0.2, 0.25) is 5.90 Å². The molecule has 0 atom stereocenters. The van der Waals surface area contributed by atoms with Gasteiger partial charge in [0.15, 0.2) is 5.70 Å². The van der Waals surface area contributed by atoms with Gasteiger partial charge in [0, 0.05) is 12.0 Å². The lowest BCUT2D eigenvalue weighted by Crippen LogP contribution is -2.05. The zero-order valence-corrected chi connectivity index (χ0v) is 17.3. The molecule has 1 heterocycles. The maximum Gasteiger partial charge on any atom is 0.363 e. The van der Waals surface area contributed by atoms with Gasteiger partial charge in [-0.05, 0) is 55.0 Å². The fourth-order valence-corrected chi connectivity index (χ4v) is 3.00. The third-order valence-electron chi connectivity index (χ3n) is 4.67. The summed E-state index contributed by atoms with van der Waals surface area (Å²) in [5, 5.41) is 0. The summed E-state index contributed by atoms with van der Waals surface area (Å²) in [5.41, 5.74) is 3.04. The summed E-state index contributed by atoms with van der Waals surface area (Å²) in [7, 11) is 0. The number of benzene rings is 3. The van der Waals surface area contributed by atoms with Gasteiger partial charge >= 0.3 is 5.97 Å². The predicted octanol–water partition coefficient (Wildman–Crippen LogP) is 5.19. The Morgan fingerprint density at radius 2 is 1.48 bits per heavy atom. The predicted molar refractivity (Wildman–Crippen MR) is 120 cm³/mol. The first kappa shape index (κ1) is 20.4. The second-order valence-electron chi connectivity index (χ2n) is 7.13. The van der Waals surface area contributed by atoms with Gasteiger partial charge < -0.3 is 14.2 Å². The number of aryl methyl sites for hydroxylation is 1. The van der Waals surface area contributed by atoms with Gasteiger partial charge in [0.05, 0.1) is 13.2 Å². The van der Waals surface area contributed by atoms with Crippen LogP contribution in [0.5, 0.6) is 11.5 Å². The zero-order valence-electron chi connectivity index (χ0n) is 17.3. The second kappa shape index (κ2) is 9.76. The minimum atomic E-state index is -0.450. The Balaban J connectivity index is 1.30. The van der Waals surface area contributed by atoms with Crippen molar-refractivity contribution < 1.29 is 19.0 Å². The van der Waals surface area contributed by atoms with E-state index < -0.39 is 5.97 Å². The molecule has 0 spiro atoms. The molecule has 0 N–H and O–H groups in total. The summed E-state index contributed by atoms with van der Waals surface area (Å²) in [5.74, 6) is 1.50. The summed E-state index contributed by atoms with van der Waals surface area (Å²) in [6, 6.07) is 24.9. The highest BCUT2D eigenvalue weighted by molar-refractivity contribution is 6.12. The van der Waals surface area contributed by atoms with Crippen LogP contribution in [-0.4, -0.2) is 25.1 Å². The molecule has 1 aliphatic heterocycles. The topological polar surface area (TPSA) is 57.1 Å². The largest absolute Gasteiger partial charge is 0.493 e. The minimum absolute atomic E-state index is 0.280. The molecule has 5 heteroatoms. The number of esters is 1. The van der Waals surface area contributed by atoms with Crippen molar-refractivity contribution in [2.45, 2.75) is 13.3 Å². The van der Waals surface area contributed by atoms with Crippen LogP contribution in [0.3, 0.4) is 0 Å². The van der Waals surface area contributed by atoms with Crippen LogP contribution in [0.25, 0.3) is 6.08 Å². The van der Waals surface area contributed by atoms with E-state index in [9.17, 15) is 4.79 Å². The van der Waals surface area contributed by atoms with Crippen LogP contribution in [0.2, 0.25) is 0 Å². The molecule has 0 aliphatic carbocycles. The molecule has 0 fully saturated rings. The Kier molecular flexibility index (Phi) is 6.43. The molecule has 31 heavy (non-hydrogen) atoms. The van der Waals surface area contributed by atoms with Gasteiger partial charge in [-0.15, -0.1) is 0 Å². The summed E-state index contributed by atoms with van der Waals surface area (Å²) < 4.78 is 16.7. The number of nitrogens with zero attached hydrogens (tertiary/aromatic N) is 1. The number of cyclic esters (lactones) is 1. The van der Waals surface area contributed by atoms with Crippen LogP contribution in [0.15, 0.2) is 89.6 Å². The summed E-state index contributed by atoms with van der Waals surface area (Å²) in [6.07, 6.45) is 2.49. The number of hydrogen-bond acceptors (Lipinski definition) is 5. The van der Waals surface area contributed by atoms with Crippen molar-refractivity contribution in [3.8, 4) is 11.5 Å². The molecule has 0 saturated heterocycles. The molecular weight excluding hydrogens is 390 g/mol. The van der Waals surface area contributed by atoms with Gasteiger partial charge in [-0.3, -0.25) is 0 Å². The van der Waals surface area contributed by atoms with Crippen LogP contribution < -0.4 is 9.47 Å². The molecule has 0 aromatic heterocycles.